The van der Waals surface area contributed by atoms with E-state index in [9.17, 15) is 4.79 Å². The summed E-state index contributed by atoms with van der Waals surface area (Å²) in [6.45, 7) is 5.51. The lowest BCUT2D eigenvalue weighted by Gasteiger charge is -2.23. The summed E-state index contributed by atoms with van der Waals surface area (Å²) in [5.41, 5.74) is 3.35. The molecule has 2 aliphatic heterocycles. The average molecular weight is 360 g/mol. The lowest BCUT2D eigenvalue weighted by molar-refractivity contribution is 0.0782. The number of carbonyl (C=O) groups excluding carboxylic acids is 1. The molecule has 2 atom stereocenters. The fraction of sp³-hybridized carbons (Fsp3) is 0.350. The van der Waals surface area contributed by atoms with Crippen molar-refractivity contribution in [1.82, 2.24) is 24.8 Å². The van der Waals surface area contributed by atoms with E-state index in [0.29, 0.717) is 17.4 Å². The molecule has 2 aromatic heterocycles. The largest absolute Gasteiger partial charge is 0.356 e. The minimum atomic E-state index is 0.0849. The topological polar surface area (TPSA) is 75.1 Å². The van der Waals surface area contributed by atoms with Crippen LogP contribution in [-0.4, -0.2) is 56.9 Å². The summed E-state index contributed by atoms with van der Waals surface area (Å²) in [5, 5.41) is 0. The zero-order valence-corrected chi connectivity index (χ0v) is 15.1. The van der Waals surface area contributed by atoms with Crippen LogP contribution in [0.4, 0.5) is 5.82 Å². The Bertz CT molecular complexity index is 1010. The van der Waals surface area contributed by atoms with Crippen molar-refractivity contribution >= 4 is 22.8 Å². The number of fused-ring (bicyclic) bond motifs is 2. The number of likely N-dealkylation sites (tertiary alicyclic amines) is 1. The number of aryl methyl sites for hydroxylation is 1. The van der Waals surface area contributed by atoms with E-state index in [1.165, 1.54) is 0 Å². The first kappa shape index (κ1) is 16.1. The Morgan fingerprint density at radius 2 is 1.74 bits per heavy atom. The molecular formula is C20H20N6O. The lowest BCUT2D eigenvalue weighted by Crippen LogP contribution is -2.33. The van der Waals surface area contributed by atoms with Gasteiger partial charge in [-0.3, -0.25) is 14.8 Å². The Balaban J connectivity index is 1.31. The Morgan fingerprint density at radius 1 is 1.00 bits per heavy atom. The van der Waals surface area contributed by atoms with Crippen LogP contribution in [0.25, 0.3) is 11.0 Å². The van der Waals surface area contributed by atoms with E-state index in [1.54, 1.807) is 18.7 Å². The summed E-state index contributed by atoms with van der Waals surface area (Å²) in [6, 6.07) is 5.56. The van der Waals surface area contributed by atoms with Crippen molar-refractivity contribution < 1.29 is 4.79 Å². The van der Waals surface area contributed by atoms with E-state index < -0.39 is 0 Å². The highest BCUT2D eigenvalue weighted by atomic mass is 16.2. The number of hydrogen-bond acceptors (Lipinski definition) is 6. The van der Waals surface area contributed by atoms with Gasteiger partial charge in [0.1, 0.15) is 12.1 Å². The third-order valence-corrected chi connectivity index (χ3v) is 5.66. The summed E-state index contributed by atoms with van der Waals surface area (Å²) in [7, 11) is 0. The molecule has 0 N–H and O–H groups in total. The molecule has 27 heavy (non-hydrogen) atoms. The highest BCUT2D eigenvalue weighted by Gasteiger charge is 2.42. The van der Waals surface area contributed by atoms with Crippen molar-refractivity contribution in [2.45, 2.75) is 6.92 Å². The highest BCUT2D eigenvalue weighted by molar-refractivity contribution is 5.97. The maximum absolute atomic E-state index is 13.0. The zero-order valence-electron chi connectivity index (χ0n) is 15.1. The molecule has 2 fully saturated rings. The molecule has 2 unspecified atom stereocenters. The molecule has 0 saturated carbocycles. The number of aromatic nitrogens is 4. The van der Waals surface area contributed by atoms with E-state index in [2.05, 4.69) is 24.8 Å². The van der Waals surface area contributed by atoms with Gasteiger partial charge in [-0.1, -0.05) is 0 Å². The van der Waals surface area contributed by atoms with Gasteiger partial charge in [-0.25, -0.2) is 9.97 Å². The van der Waals surface area contributed by atoms with Gasteiger partial charge in [-0.05, 0) is 25.1 Å². The van der Waals surface area contributed by atoms with E-state index >= 15 is 0 Å². The standard InChI is InChI=1S/C20H20N6O/c1-13-7-21-12-24-19(13)25-8-15-10-26(11-16(15)9-25)20(27)14-2-3-17-18(6-14)23-5-4-22-17/h2-7,12,15-16H,8-11H2,1H3. The highest BCUT2D eigenvalue weighted by Crippen LogP contribution is 2.34. The maximum atomic E-state index is 13.0. The van der Waals surface area contributed by atoms with Crippen LogP contribution in [0.1, 0.15) is 15.9 Å². The SMILES string of the molecule is Cc1cncnc1N1CC2CN(C(=O)c3ccc4nccnc4c3)CC2C1. The van der Waals surface area contributed by atoms with Crippen LogP contribution in [0, 0.1) is 18.8 Å². The molecule has 1 aromatic carbocycles. The first-order valence-electron chi connectivity index (χ1n) is 9.20. The molecule has 3 aromatic rings. The van der Waals surface area contributed by atoms with Gasteiger partial charge in [0.15, 0.2) is 0 Å². The van der Waals surface area contributed by atoms with Gasteiger partial charge in [0.2, 0.25) is 0 Å². The quantitative estimate of drug-likeness (QED) is 0.695. The van der Waals surface area contributed by atoms with Crippen LogP contribution in [0.15, 0.2) is 43.1 Å². The second-order valence-electron chi connectivity index (χ2n) is 7.42. The van der Waals surface area contributed by atoms with Gasteiger partial charge in [-0.15, -0.1) is 0 Å². The van der Waals surface area contributed by atoms with E-state index in [-0.39, 0.29) is 5.91 Å². The van der Waals surface area contributed by atoms with Crippen LogP contribution >= 0.6 is 0 Å². The van der Waals surface area contributed by atoms with Gasteiger partial charge in [0.05, 0.1) is 11.0 Å². The second kappa shape index (κ2) is 6.26. The molecule has 0 radical (unpaired) electrons. The third-order valence-electron chi connectivity index (χ3n) is 5.66. The second-order valence-corrected chi connectivity index (χ2v) is 7.42. The zero-order chi connectivity index (χ0) is 18.4. The van der Waals surface area contributed by atoms with Crippen molar-refractivity contribution in [3.8, 4) is 0 Å². The van der Waals surface area contributed by atoms with E-state index in [1.807, 2.05) is 36.2 Å². The molecule has 2 saturated heterocycles. The Morgan fingerprint density at radius 3 is 2.48 bits per heavy atom. The van der Waals surface area contributed by atoms with Crippen molar-refractivity contribution in [2.24, 2.45) is 11.8 Å². The van der Waals surface area contributed by atoms with Crippen LogP contribution in [0.3, 0.4) is 0 Å². The number of rotatable bonds is 2. The lowest BCUT2D eigenvalue weighted by atomic mass is 10.0. The summed E-state index contributed by atoms with van der Waals surface area (Å²) in [4.78, 5) is 34.4. The molecule has 5 rings (SSSR count). The summed E-state index contributed by atoms with van der Waals surface area (Å²) in [6.07, 6.45) is 6.78. The van der Waals surface area contributed by atoms with Gasteiger partial charge in [0, 0.05) is 67.7 Å². The first-order chi connectivity index (χ1) is 13.2. The van der Waals surface area contributed by atoms with E-state index in [0.717, 1.165) is 48.6 Å². The Hall–Kier alpha value is -3.09. The van der Waals surface area contributed by atoms with Crippen molar-refractivity contribution in [2.75, 3.05) is 31.1 Å². The van der Waals surface area contributed by atoms with Crippen LogP contribution in [-0.2, 0) is 0 Å². The van der Waals surface area contributed by atoms with Gasteiger partial charge in [-0.2, -0.15) is 0 Å². The van der Waals surface area contributed by atoms with Crippen LogP contribution in [0.5, 0.6) is 0 Å². The number of amides is 1. The van der Waals surface area contributed by atoms with E-state index in [4.69, 9.17) is 0 Å². The van der Waals surface area contributed by atoms with Gasteiger partial charge < -0.3 is 9.80 Å². The molecule has 0 aliphatic carbocycles. The number of hydrogen-bond donors (Lipinski definition) is 0. The molecule has 136 valence electrons. The number of benzene rings is 1. The van der Waals surface area contributed by atoms with Crippen molar-refractivity contribution in [3.63, 3.8) is 0 Å². The monoisotopic (exact) mass is 360 g/mol. The minimum absolute atomic E-state index is 0.0849. The van der Waals surface area contributed by atoms with Gasteiger partial charge in [0.25, 0.3) is 5.91 Å². The molecular weight excluding hydrogens is 340 g/mol. The molecule has 7 heteroatoms. The van der Waals surface area contributed by atoms with Crippen molar-refractivity contribution in [3.05, 3.63) is 54.2 Å². The predicted octanol–water partition coefficient (Wildman–Crippen LogP) is 1.94. The smallest absolute Gasteiger partial charge is 0.253 e. The van der Waals surface area contributed by atoms with Gasteiger partial charge >= 0.3 is 0 Å². The number of anilines is 1. The maximum Gasteiger partial charge on any atom is 0.253 e. The average Bonchev–Trinajstić information content (AvgIpc) is 3.26. The molecule has 2 aliphatic rings. The molecule has 1 amide bonds. The molecule has 0 spiro atoms. The summed E-state index contributed by atoms with van der Waals surface area (Å²) >= 11 is 0. The molecule has 4 heterocycles. The van der Waals surface area contributed by atoms with Crippen LogP contribution < -0.4 is 4.90 Å². The predicted molar refractivity (Wildman–Crippen MR) is 101 cm³/mol. The molecule has 7 nitrogen and oxygen atoms in total. The summed E-state index contributed by atoms with van der Waals surface area (Å²) < 4.78 is 0. The first-order valence-corrected chi connectivity index (χ1v) is 9.20. The fourth-order valence-electron chi connectivity index (χ4n) is 4.33. The molecule has 0 bridgehead atoms. The Labute approximate surface area is 157 Å². The number of nitrogens with zero attached hydrogens (tertiary/aromatic N) is 6. The third kappa shape index (κ3) is 2.79. The normalized spacial score (nSPS) is 21.7. The minimum Gasteiger partial charge on any atom is -0.356 e. The van der Waals surface area contributed by atoms with Crippen molar-refractivity contribution in [1.29, 1.82) is 0 Å². The van der Waals surface area contributed by atoms with Crippen LogP contribution in [0.2, 0.25) is 0 Å². The fourth-order valence-corrected chi connectivity index (χ4v) is 4.33. The Kier molecular flexibility index (Phi) is 3.74. The number of carbonyl (C=O) groups is 1. The summed E-state index contributed by atoms with van der Waals surface area (Å²) in [5.74, 6) is 2.08.